The zero-order valence-corrected chi connectivity index (χ0v) is 9.75. The van der Waals surface area contributed by atoms with Crippen molar-refractivity contribution in [3.8, 4) is 0 Å². The van der Waals surface area contributed by atoms with E-state index in [1.807, 2.05) is 0 Å². The molecule has 0 radical (unpaired) electrons. The fourth-order valence-corrected chi connectivity index (χ4v) is 3.61. The van der Waals surface area contributed by atoms with Crippen LogP contribution in [0.4, 0.5) is 4.39 Å². The predicted octanol–water partition coefficient (Wildman–Crippen LogP) is 0.615. The monoisotopic (exact) mass is 253 g/mol. The van der Waals surface area contributed by atoms with E-state index in [0.717, 1.165) is 4.31 Å². The zero-order chi connectivity index (χ0) is 12.2. The second-order valence-electron chi connectivity index (χ2n) is 3.82. The molecule has 0 spiro atoms. The van der Waals surface area contributed by atoms with E-state index in [1.165, 1.54) is 0 Å². The highest BCUT2D eigenvalue weighted by atomic mass is 32.2. The van der Waals surface area contributed by atoms with Gasteiger partial charge in [-0.3, -0.25) is 9.18 Å². The number of rotatable bonds is 6. The first-order chi connectivity index (χ1) is 7.49. The Labute approximate surface area is 94.3 Å². The van der Waals surface area contributed by atoms with Crippen LogP contribution in [0, 0.1) is 0 Å². The van der Waals surface area contributed by atoms with E-state index in [0.29, 0.717) is 12.8 Å². The molecule has 7 heteroatoms. The van der Waals surface area contributed by atoms with Gasteiger partial charge in [-0.2, -0.15) is 4.31 Å². The number of carbonyl (C=O) groups is 1. The Kier molecular flexibility index (Phi) is 4.67. The van der Waals surface area contributed by atoms with Gasteiger partial charge in [0, 0.05) is 6.54 Å². The molecule has 16 heavy (non-hydrogen) atoms. The van der Waals surface area contributed by atoms with E-state index in [-0.39, 0.29) is 25.1 Å². The van der Waals surface area contributed by atoms with Gasteiger partial charge in [0.05, 0.1) is 12.4 Å². The number of halogens is 1. The summed E-state index contributed by atoms with van der Waals surface area (Å²) in [6.07, 6.45) is 1.36. The highest BCUT2D eigenvalue weighted by Crippen LogP contribution is 2.22. The molecule has 0 unspecified atom stereocenters. The third-order valence-electron chi connectivity index (χ3n) is 2.63. The molecule has 0 aromatic carbocycles. The van der Waals surface area contributed by atoms with Gasteiger partial charge in [-0.05, 0) is 25.7 Å². The van der Waals surface area contributed by atoms with Crippen LogP contribution in [0.3, 0.4) is 0 Å². The highest BCUT2D eigenvalue weighted by Gasteiger charge is 2.37. The third kappa shape index (κ3) is 3.15. The van der Waals surface area contributed by atoms with Crippen molar-refractivity contribution >= 4 is 16.0 Å². The summed E-state index contributed by atoms with van der Waals surface area (Å²) in [6, 6.07) is -0.935. The number of sulfonamides is 1. The molecule has 1 rings (SSSR count). The summed E-state index contributed by atoms with van der Waals surface area (Å²) in [7, 11) is -3.54. The summed E-state index contributed by atoms with van der Waals surface area (Å²) in [5, 5.41) is 8.85. The van der Waals surface area contributed by atoms with Crippen LogP contribution >= 0.6 is 0 Å². The number of carboxylic acid groups (broad SMARTS) is 1. The van der Waals surface area contributed by atoms with Crippen LogP contribution in [0.5, 0.6) is 0 Å². The zero-order valence-electron chi connectivity index (χ0n) is 8.93. The van der Waals surface area contributed by atoms with Gasteiger partial charge in [-0.15, -0.1) is 0 Å². The van der Waals surface area contributed by atoms with Crippen LogP contribution in [0.15, 0.2) is 0 Å². The van der Waals surface area contributed by atoms with E-state index < -0.39 is 28.7 Å². The van der Waals surface area contributed by atoms with E-state index in [4.69, 9.17) is 5.11 Å². The lowest BCUT2D eigenvalue weighted by molar-refractivity contribution is -0.140. The molecule has 0 aliphatic carbocycles. The number of alkyl halides is 1. The third-order valence-corrected chi connectivity index (χ3v) is 4.59. The topological polar surface area (TPSA) is 74.7 Å². The maximum absolute atomic E-state index is 11.8. The number of carboxylic acids is 1. The van der Waals surface area contributed by atoms with Crippen molar-refractivity contribution in [2.75, 3.05) is 19.0 Å². The van der Waals surface area contributed by atoms with E-state index >= 15 is 0 Å². The number of nitrogens with zero attached hydrogens (tertiary/aromatic N) is 1. The Morgan fingerprint density at radius 3 is 2.69 bits per heavy atom. The Bertz CT molecular complexity index is 343. The van der Waals surface area contributed by atoms with Gasteiger partial charge < -0.3 is 5.11 Å². The smallest absolute Gasteiger partial charge is 0.322 e. The fourth-order valence-electron chi connectivity index (χ4n) is 1.82. The molecule has 1 atom stereocenters. The molecule has 1 saturated heterocycles. The van der Waals surface area contributed by atoms with Gasteiger partial charge in [-0.1, -0.05) is 0 Å². The summed E-state index contributed by atoms with van der Waals surface area (Å²) in [4.78, 5) is 10.8. The summed E-state index contributed by atoms with van der Waals surface area (Å²) in [5.74, 6) is -1.27. The van der Waals surface area contributed by atoms with Crippen molar-refractivity contribution in [1.29, 1.82) is 0 Å². The Morgan fingerprint density at radius 1 is 1.44 bits per heavy atom. The molecule has 0 aromatic heterocycles. The molecule has 1 heterocycles. The van der Waals surface area contributed by atoms with Crippen LogP contribution in [0.25, 0.3) is 0 Å². The molecule has 94 valence electrons. The first kappa shape index (κ1) is 13.4. The second-order valence-corrected chi connectivity index (χ2v) is 5.86. The molecule has 1 aliphatic rings. The predicted molar refractivity (Wildman–Crippen MR) is 56.4 cm³/mol. The van der Waals surface area contributed by atoms with Crippen LogP contribution < -0.4 is 0 Å². The number of unbranched alkanes of at least 4 members (excludes halogenated alkanes) is 1. The van der Waals surface area contributed by atoms with Crippen molar-refractivity contribution in [2.24, 2.45) is 0 Å². The molecule has 0 bridgehead atoms. The van der Waals surface area contributed by atoms with Gasteiger partial charge in [0.2, 0.25) is 10.0 Å². The standard InChI is InChI=1S/C9H16FNO4S/c10-5-1-2-7-16(14,15)11-6-3-4-8(11)9(12)13/h8H,1-7H2,(H,12,13)/t8-/m1/s1. The van der Waals surface area contributed by atoms with E-state index in [1.54, 1.807) is 0 Å². The van der Waals surface area contributed by atoms with E-state index in [2.05, 4.69) is 0 Å². The van der Waals surface area contributed by atoms with Crippen molar-refractivity contribution in [2.45, 2.75) is 31.7 Å². The SMILES string of the molecule is O=C(O)[C@H]1CCCN1S(=O)(=O)CCCCF. The first-order valence-electron chi connectivity index (χ1n) is 5.27. The van der Waals surface area contributed by atoms with Gasteiger partial charge in [0.15, 0.2) is 0 Å². The average Bonchev–Trinajstić information content (AvgIpc) is 2.66. The molecule has 0 aromatic rings. The normalized spacial score (nSPS) is 22.4. The minimum absolute atomic E-state index is 0.166. The minimum Gasteiger partial charge on any atom is -0.480 e. The lowest BCUT2D eigenvalue weighted by atomic mass is 10.2. The molecular formula is C9H16FNO4S. The van der Waals surface area contributed by atoms with Gasteiger partial charge in [-0.25, -0.2) is 8.42 Å². The lowest BCUT2D eigenvalue weighted by Crippen LogP contribution is -2.41. The molecular weight excluding hydrogens is 237 g/mol. The van der Waals surface area contributed by atoms with Crippen molar-refractivity contribution in [3.63, 3.8) is 0 Å². The van der Waals surface area contributed by atoms with Gasteiger partial charge in [0.1, 0.15) is 6.04 Å². The fraction of sp³-hybridized carbons (Fsp3) is 0.889. The summed E-state index contributed by atoms with van der Waals surface area (Å²) in [6.45, 7) is -0.285. The molecule has 1 N–H and O–H groups in total. The number of aliphatic carboxylic acids is 1. The summed E-state index contributed by atoms with van der Waals surface area (Å²) < 4.78 is 36.4. The Morgan fingerprint density at radius 2 is 2.12 bits per heavy atom. The molecule has 1 aliphatic heterocycles. The molecule has 0 amide bonds. The van der Waals surface area contributed by atoms with Gasteiger partial charge in [0.25, 0.3) is 0 Å². The highest BCUT2D eigenvalue weighted by molar-refractivity contribution is 7.89. The average molecular weight is 253 g/mol. The Hall–Kier alpha value is -0.690. The number of hydrogen-bond donors (Lipinski definition) is 1. The van der Waals surface area contributed by atoms with Crippen LogP contribution in [-0.2, 0) is 14.8 Å². The van der Waals surface area contributed by atoms with Crippen molar-refractivity contribution < 1.29 is 22.7 Å². The first-order valence-corrected chi connectivity index (χ1v) is 6.88. The van der Waals surface area contributed by atoms with E-state index in [9.17, 15) is 17.6 Å². The number of hydrogen-bond acceptors (Lipinski definition) is 3. The lowest BCUT2D eigenvalue weighted by Gasteiger charge is -2.20. The van der Waals surface area contributed by atoms with Crippen LogP contribution in [0.2, 0.25) is 0 Å². The maximum Gasteiger partial charge on any atom is 0.322 e. The largest absolute Gasteiger partial charge is 0.480 e. The summed E-state index contributed by atoms with van der Waals surface area (Å²) in [5.41, 5.74) is 0. The van der Waals surface area contributed by atoms with Gasteiger partial charge >= 0.3 is 5.97 Å². The minimum atomic E-state index is -3.54. The molecule has 5 nitrogen and oxygen atoms in total. The molecule has 1 fully saturated rings. The summed E-state index contributed by atoms with van der Waals surface area (Å²) >= 11 is 0. The second kappa shape index (κ2) is 5.58. The Balaban J connectivity index is 2.63. The quantitative estimate of drug-likeness (QED) is 0.704. The van der Waals surface area contributed by atoms with Crippen LogP contribution in [-0.4, -0.2) is 48.8 Å². The maximum atomic E-state index is 11.8. The van der Waals surface area contributed by atoms with Crippen LogP contribution in [0.1, 0.15) is 25.7 Å². The van der Waals surface area contributed by atoms with Crippen molar-refractivity contribution in [1.82, 2.24) is 4.31 Å². The van der Waals surface area contributed by atoms with Crippen molar-refractivity contribution in [3.05, 3.63) is 0 Å². The molecule has 0 saturated carbocycles.